The highest BCUT2D eigenvalue weighted by Gasteiger charge is 2.05. The van der Waals surface area contributed by atoms with E-state index < -0.39 is 0 Å². The van der Waals surface area contributed by atoms with E-state index in [4.69, 9.17) is 5.53 Å². The average molecular weight is 217 g/mol. The summed E-state index contributed by atoms with van der Waals surface area (Å²) < 4.78 is 0. The molecule has 0 radical (unpaired) electrons. The van der Waals surface area contributed by atoms with Crippen LogP contribution >= 0.6 is 0 Å². The molecule has 1 aromatic rings. The molecular weight excluding hydrogens is 202 g/mol. The summed E-state index contributed by atoms with van der Waals surface area (Å²) in [4.78, 5) is 13.1. The van der Waals surface area contributed by atoms with Gasteiger partial charge >= 0.3 is 0 Å². The van der Waals surface area contributed by atoms with Crippen LogP contribution in [-0.4, -0.2) is 5.78 Å². The predicted octanol–water partition coefficient (Wildman–Crippen LogP) is 4.15. The maximum absolute atomic E-state index is 10.5. The van der Waals surface area contributed by atoms with E-state index >= 15 is 0 Å². The van der Waals surface area contributed by atoms with E-state index in [9.17, 15) is 4.79 Å². The molecule has 1 aliphatic carbocycles. The van der Waals surface area contributed by atoms with E-state index in [0.29, 0.717) is 11.5 Å². The highest BCUT2D eigenvalue weighted by molar-refractivity contribution is 5.78. The van der Waals surface area contributed by atoms with Gasteiger partial charge in [-0.3, -0.25) is 4.79 Å². The zero-order valence-electron chi connectivity index (χ0n) is 9.17. The molecule has 0 saturated heterocycles. The molecule has 0 atom stereocenters. The number of carbonyl (C=O) groups excluding carboxylic acids is 1. The zero-order valence-corrected chi connectivity index (χ0v) is 9.17. The Bertz CT molecular complexity index is 361. The molecule has 0 aromatic heterocycles. The summed E-state index contributed by atoms with van der Waals surface area (Å²) in [6.07, 6.45) is 5.24. The van der Waals surface area contributed by atoms with Gasteiger partial charge in [0.1, 0.15) is 5.78 Å². The summed E-state index contributed by atoms with van der Waals surface area (Å²) in [7, 11) is 0. The Labute approximate surface area is 94.9 Å². The highest BCUT2D eigenvalue weighted by Crippen LogP contribution is 2.12. The van der Waals surface area contributed by atoms with Crippen LogP contribution in [0.4, 0.5) is 5.69 Å². The number of azide groups is 1. The maximum atomic E-state index is 10.5. The second-order valence-corrected chi connectivity index (χ2v) is 3.62. The number of Topliss-reactive ketones (excluding diaryl/α,β-unsaturated/α-hetero) is 1. The lowest BCUT2D eigenvalue weighted by molar-refractivity contribution is -0.120. The minimum atomic E-state index is 0.464. The summed E-state index contributed by atoms with van der Waals surface area (Å²) in [5.41, 5.74) is 8.63. The van der Waals surface area contributed by atoms with Crippen LogP contribution in [0.2, 0.25) is 0 Å². The van der Waals surface area contributed by atoms with Crippen molar-refractivity contribution in [1.29, 1.82) is 0 Å². The lowest BCUT2D eigenvalue weighted by atomic mass is 10.00. The quantitative estimate of drug-likeness (QED) is 0.396. The van der Waals surface area contributed by atoms with Gasteiger partial charge in [0.2, 0.25) is 0 Å². The lowest BCUT2D eigenvalue weighted by Crippen LogP contribution is -2.02. The van der Waals surface area contributed by atoms with Crippen molar-refractivity contribution in [3.8, 4) is 0 Å². The number of rotatable bonds is 1. The van der Waals surface area contributed by atoms with Gasteiger partial charge in [0, 0.05) is 23.4 Å². The average Bonchev–Trinajstić information content (AvgIpc) is 2.33. The van der Waals surface area contributed by atoms with Crippen LogP contribution in [0.25, 0.3) is 10.4 Å². The largest absolute Gasteiger partial charge is 0.300 e. The van der Waals surface area contributed by atoms with Crippen LogP contribution in [0.3, 0.4) is 0 Å². The molecule has 0 amide bonds. The van der Waals surface area contributed by atoms with Crippen molar-refractivity contribution >= 4 is 11.5 Å². The minimum Gasteiger partial charge on any atom is -0.300 e. The summed E-state index contributed by atoms with van der Waals surface area (Å²) in [5, 5.41) is 3.39. The third-order valence-electron chi connectivity index (χ3n) is 2.33. The van der Waals surface area contributed by atoms with Crippen molar-refractivity contribution in [2.75, 3.05) is 0 Å². The monoisotopic (exact) mass is 217 g/mol. The summed E-state index contributed by atoms with van der Waals surface area (Å²) in [6.45, 7) is 0. The van der Waals surface area contributed by atoms with E-state index in [1.807, 2.05) is 18.2 Å². The van der Waals surface area contributed by atoms with Gasteiger partial charge in [0.15, 0.2) is 0 Å². The van der Waals surface area contributed by atoms with Gasteiger partial charge in [-0.05, 0) is 18.4 Å². The smallest absolute Gasteiger partial charge is 0.132 e. The molecule has 0 heterocycles. The Morgan fingerprint density at radius 2 is 1.69 bits per heavy atom. The number of carbonyl (C=O) groups is 1. The van der Waals surface area contributed by atoms with Gasteiger partial charge in [0.25, 0.3) is 0 Å². The molecule has 84 valence electrons. The second-order valence-electron chi connectivity index (χ2n) is 3.62. The van der Waals surface area contributed by atoms with E-state index in [-0.39, 0.29) is 0 Å². The second kappa shape index (κ2) is 7.49. The molecule has 0 spiro atoms. The number of hydrogen-bond donors (Lipinski definition) is 0. The van der Waals surface area contributed by atoms with Crippen molar-refractivity contribution in [2.24, 2.45) is 5.11 Å². The normalized spacial score (nSPS) is 14.4. The summed E-state index contributed by atoms with van der Waals surface area (Å²) in [5.74, 6) is 0.464. The first-order valence-electron chi connectivity index (χ1n) is 5.45. The first-order chi connectivity index (χ1) is 7.83. The molecule has 0 bridgehead atoms. The van der Waals surface area contributed by atoms with E-state index in [1.54, 1.807) is 12.1 Å². The molecule has 0 N–H and O–H groups in total. The molecule has 2 rings (SSSR count). The van der Waals surface area contributed by atoms with E-state index in [2.05, 4.69) is 10.0 Å². The van der Waals surface area contributed by atoms with Gasteiger partial charge in [0.05, 0.1) is 0 Å². The molecule has 16 heavy (non-hydrogen) atoms. The number of ketones is 1. The topological polar surface area (TPSA) is 65.8 Å². The minimum absolute atomic E-state index is 0.464. The molecule has 1 aromatic carbocycles. The van der Waals surface area contributed by atoms with Gasteiger partial charge in [-0.2, -0.15) is 0 Å². The molecule has 4 heteroatoms. The van der Waals surface area contributed by atoms with Crippen molar-refractivity contribution in [3.63, 3.8) is 0 Å². The summed E-state index contributed by atoms with van der Waals surface area (Å²) >= 11 is 0. The lowest BCUT2D eigenvalue weighted by Gasteiger charge is -2.05. The van der Waals surface area contributed by atoms with Crippen molar-refractivity contribution in [1.82, 2.24) is 0 Å². The van der Waals surface area contributed by atoms with Crippen LogP contribution in [0, 0.1) is 0 Å². The molecule has 4 nitrogen and oxygen atoms in total. The van der Waals surface area contributed by atoms with Crippen molar-refractivity contribution in [3.05, 3.63) is 40.8 Å². The van der Waals surface area contributed by atoms with Gasteiger partial charge in [-0.15, -0.1) is 0 Å². The van der Waals surface area contributed by atoms with E-state index in [0.717, 1.165) is 25.7 Å². The van der Waals surface area contributed by atoms with E-state index in [1.165, 1.54) is 6.42 Å². The Kier molecular flexibility index (Phi) is 5.74. The molecule has 1 saturated carbocycles. The molecule has 1 aliphatic rings. The third kappa shape index (κ3) is 5.17. The fraction of sp³-hybridized carbons (Fsp3) is 0.417. The van der Waals surface area contributed by atoms with Crippen LogP contribution in [0.5, 0.6) is 0 Å². The number of benzene rings is 1. The van der Waals surface area contributed by atoms with Gasteiger partial charge < -0.3 is 0 Å². The first kappa shape index (κ1) is 12.3. The molecule has 1 fully saturated rings. The summed E-state index contributed by atoms with van der Waals surface area (Å²) in [6, 6.07) is 9.02. The Hall–Kier alpha value is -1.80. The maximum Gasteiger partial charge on any atom is 0.132 e. The van der Waals surface area contributed by atoms with Crippen molar-refractivity contribution in [2.45, 2.75) is 32.1 Å². The Morgan fingerprint density at radius 3 is 2.12 bits per heavy atom. The molecule has 0 aliphatic heterocycles. The third-order valence-corrected chi connectivity index (χ3v) is 2.33. The van der Waals surface area contributed by atoms with Gasteiger partial charge in [-0.1, -0.05) is 41.9 Å². The number of hydrogen-bond acceptors (Lipinski definition) is 2. The first-order valence-corrected chi connectivity index (χ1v) is 5.45. The van der Waals surface area contributed by atoms with Crippen LogP contribution in [0.1, 0.15) is 32.1 Å². The standard InChI is InChI=1S/C6H5N3.C6H10O/c7-9-8-6-4-2-1-3-5-6;7-6-4-2-1-3-5-6/h1-5H;1-5H2. The molecular formula is C12H15N3O. The fourth-order valence-corrected chi connectivity index (χ4v) is 1.49. The predicted molar refractivity (Wildman–Crippen MR) is 63.3 cm³/mol. The van der Waals surface area contributed by atoms with Gasteiger partial charge in [-0.25, -0.2) is 0 Å². The van der Waals surface area contributed by atoms with Crippen LogP contribution in [0.15, 0.2) is 35.4 Å². The number of nitrogens with zero attached hydrogens (tertiary/aromatic N) is 3. The zero-order chi connectivity index (χ0) is 11.6. The molecule has 0 unspecified atom stereocenters. The Morgan fingerprint density at radius 1 is 1.06 bits per heavy atom. The SMILES string of the molecule is O=C1CCCCC1.[N-]=[N+]=Nc1ccccc1. The van der Waals surface area contributed by atoms with Crippen molar-refractivity contribution < 1.29 is 4.79 Å². The van der Waals surface area contributed by atoms with Crippen LogP contribution in [-0.2, 0) is 4.79 Å². The Balaban J connectivity index is 0.000000165. The highest BCUT2D eigenvalue weighted by atomic mass is 16.1. The van der Waals surface area contributed by atoms with Crippen LogP contribution < -0.4 is 0 Å². The fourth-order valence-electron chi connectivity index (χ4n) is 1.49.